The fraction of sp³-hybridized carbons (Fsp3) is 0.533. The summed E-state index contributed by atoms with van der Waals surface area (Å²) in [4.78, 5) is 37.7. The van der Waals surface area contributed by atoms with Crippen LogP contribution in [-0.4, -0.2) is 30.5 Å². The number of carbonyl (C=O) groups is 2. The van der Waals surface area contributed by atoms with Gasteiger partial charge in [0, 0.05) is 18.7 Å². The van der Waals surface area contributed by atoms with Gasteiger partial charge in [-0.3, -0.25) is 14.4 Å². The molecule has 6 heteroatoms. The molecule has 114 valence electrons. The second kappa shape index (κ2) is 7.06. The number of H-pyrrole nitrogens is 1. The van der Waals surface area contributed by atoms with Gasteiger partial charge in [-0.1, -0.05) is 0 Å². The minimum absolute atomic E-state index is 0.147. The average Bonchev–Trinajstić information content (AvgIpc) is 2.50. The molecule has 0 radical (unpaired) electrons. The molecule has 0 atom stereocenters. The monoisotopic (exact) mass is 292 g/mol. The maximum atomic E-state index is 12.0. The number of aromatic amines is 1. The van der Waals surface area contributed by atoms with E-state index in [9.17, 15) is 14.4 Å². The van der Waals surface area contributed by atoms with E-state index in [-0.39, 0.29) is 23.5 Å². The molecule has 6 nitrogen and oxygen atoms in total. The first-order chi connectivity index (χ1) is 10.1. The Balaban J connectivity index is 1.96. The minimum Gasteiger partial charge on any atom is -0.469 e. The molecule has 2 rings (SSSR count). The molecule has 0 bridgehead atoms. The van der Waals surface area contributed by atoms with Gasteiger partial charge in [-0.2, -0.15) is 0 Å². The highest BCUT2D eigenvalue weighted by Gasteiger charge is 2.16. The number of hydrogen-bond donors (Lipinski definition) is 2. The molecule has 0 saturated heterocycles. The molecule has 1 aliphatic rings. The molecular weight excluding hydrogens is 272 g/mol. The van der Waals surface area contributed by atoms with Crippen molar-refractivity contribution in [3.63, 3.8) is 0 Å². The van der Waals surface area contributed by atoms with Crippen molar-refractivity contribution in [2.75, 3.05) is 13.7 Å². The summed E-state index contributed by atoms with van der Waals surface area (Å²) in [5, 5.41) is 2.66. The Bertz CT molecular complexity index is 592. The van der Waals surface area contributed by atoms with E-state index in [2.05, 4.69) is 15.0 Å². The fourth-order valence-corrected chi connectivity index (χ4v) is 2.48. The lowest BCUT2D eigenvalue weighted by molar-refractivity contribution is -0.140. The summed E-state index contributed by atoms with van der Waals surface area (Å²) in [6, 6.07) is 1.70. The van der Waals surface area contributed by atoms with Crippen LogP contribution in [0.25, 0.3) is 0 Å². The second-order valence-electron chi connectivity index (χ2n) is 5.16. The number of carbonyl (C=O) groups excluding carboxylic acids is 2. The van der Waals surface area contributed by atoms with Gasteiger partial charge in [0.05, 0.1) is 7.11 Å². The Kier molecular flexibility index (Phi) is 5.14. The quantitative estimate of drug-likeness (QED) is 0.624. The maximum Gasteiger partial charge on any atom is 0.305 e. The topological polar surface area (TPSA) is 88.3 Å². The SMILES string of the molecule is COC(=O)CCCNC(=O)c1cc2c([nH]c1=O)CCCC2. The van der Waals surface area contributed by atoms with Gasteiger partial charge >= 0.3 is 5.97 Å². The number of methoxy groups -OCH3 is 1. The fourth-order valence-electron chi connectivity index (χ4n) is 2.48. The molecule has 0 saturated carbocycles. The first kappa shape index (κ1) is 15.3. The van der Waals surface area contributed by atoms with Crippen LogP contribution in [0, 0.1) is 0 Å². The van der Waals surface area contributed by atoms with E-state index in [1.165, 1.54) is 7.11 Å². The molecule has 0 spiro atoms. The predicted molar refractivity (Wildman–Crippen MR) is 77.3 cm³/mol. The van der Waals surface area contributed by atoms with Gasteiger partial charge in [-0.15, -0.1) is 0 Å². The van der Waals surface area contributed by atoms with E-state index in [0.29, 0.717) is 13.0 Å². The maximum absolute atomic E-state index is 12.0. The largest absolute Gasteiger partial charge is 0.469 e. The molecule has 0 fully saturated rings. The van der Waals surface area contributed by atoms with Crippen molar-refractivity contribution < 1.29 is 14.3 Å². The summed E-state index contributed by atoms with van der Waals surface area (Å²) < 4.78 is 4.52. The van der Waals surface area contributed by atoms with Crippen molar-refractivity contribution in [1.82, 2.24) is 10.3 Å². The lowest BCUT2D eigenvalue weighted by atomic mass is 9.95. The number of fused-ring (bicyclic) bond motifs is 1. The number of ether oxygens (including phenoxy) is 1. The number of aromatic nitrogens is 1. The van der Waals surface area contributed by atoms with Crippen molar-refractivity contribution in [3.05, 3.63) is 33.2 Å². The Morgan fingerprint density at radius 1 is 1.33 bits per heavy atom. The van der Waals surface area contributed by atoms with Crippen LogP contribution in [0.2, 0.25) is 0 Å². The number of esters is 1. The van der Waals surface area contributed by atoms with E-state index < -0.39 is 5.91 Å². The van der Waals surface area contributed by atoms with Crippen LogP contribution < -0.4 is 10.9 Å². The first-order valence-corrected chi connectivity index (χ1v) is 7.22. The van der Waals surface area contributed by atoms with Gasteiger partial charge in [0.15, 0.2) is 0 Å². The molecule has 0 aliphatic heterocycles. The van der Waals surface area contributed by atoms with Crippen molar-refractivity contribution in [2.45, 2.75) is 38.5 Å². The molecule has 1 aromatic rings. The zero-order chi connectivity index (χ0) is 15.2. The van der Waals surface area contributed by atoms with Crippen molar-refractivity contribution in [1.29, 1.82) is 0 Å². The third-order valence-electron chi connectivity index (χ3n) is 3.65. The third-order valence-corrected chi connectivity index (χ3v) is 3.65. The lowest BCUT2D eigenvalue weighted by Gasteiger charge is -2.15. The van der Waals surface area contributed by atoms with E-state index >= 15 is 0 Å². The van der Waals surface area contributed by atoms with Gasteiger partial charge in [-0.25, -0.2) is 0 Å². The van der Waals surface area contributed by atoms with Crippen molar-refractivity contribution in [3.8, 4) is 0 Å². The number of nitrogens with one attached hydrogen (secondary N) is 2. The summed E-state index contributed by atoms with van der Waals surface area (Å²) in [6.07, 6.45) is 4.65. The molecule has 1 amide bonds. The van der Waals surface area contributed by atoms with Gasteiger partial charge in [0.1, 0.15) is 5.56 Å². The van der Waals surface area contributed by atoms with Crippen LogP contribution >= 0.6 is 0 Å². The molecule has 0 aromatic carbocycles. The Hall–Kier alpha value is -2.11. The van der Waals surface area contributed by atoms with Crippen LogP contribution in [0.3, 0.4) is 0 Å². The van der Waals surface area contributed by atoms with Gasteiger partial charge in [0.25, 0.3) is 11.5 Å². The van der Waals surface area contributed by atoms with E-state index in [4.69, 9.17) is 0 Å². The minimum atomic E-state index is -0.394. The Morgan fingerprint density at radius 3 is 2.86 bits per heavy atom. The summed E-state index contributed by atoms with van der Waals surface area (Å²) in [6.45, 7) is 0.338. The summed E-state index contributed by atoms with van der Waals surface area (Å²) in [5.41, 5.74) is 1.81. The Labute approximate surface area is 122 Å². The third kappa shape index (κ3) is 3.93. The zero-order valence-corrected chi connectivity index (χ0v) is 12.2. The lowest BCUT2D eigenvalue weighted by Crippen LogP contribution is -2.31. The van der Waals surface area contributed by atoms with Gasteiger partial charge in [0.2, 0.25) is 0 Å². The molecule has 21 heavy (non-hydrogen) atoms. The standard InChI is InChI=1S/C15H20N2O4/c1-21-13(18)7-4-8-16-14(19)11-9-10-5-2-3-6-12(10)17-15(11)20/h9H,2-8H2,1H3,(H,16,19)(H,17,20). The van der Waals surface area contributed by atoms with Crippen LogP contribution in [-0.2, 0) is 22.4 Å². The molecule has 1 heterocycles. The number of hydrogen-bond acceptors (Lipinski definition) is 4. The highest BCUT2D eigenvalue weighted by atomic mass is 16.5. The number of pyridine rings is 1. The number of rotatable bonds is 5. The van der Waals surface area contributed by atoms with Crippen LogP contribution in [0.15, 0.2) is 10.9 Å². The number of amides is 1. The molecule has 1 aromatic heterocycles. The highest BCUT2D eigenvalue weighted by Crippen LogP contribution is 2.18. The second-order valence-corrected chi connectivity index (χ2v) is 5.16. The van der Waals surface area contributed by atoms with E-state index in [1.54, 1.807) is 6.07 Å². The van der Waals surface area contributed by atoms with Gasteiger partial charge in [-0.05, 0) is 43.7 Å². The van der Waals surface area contributed by atoms with Crippen LogP contribution in [0.1, 0.15) is 47.3 Å². The zero-order valence-electron chi connectivity index (χ0n) is 12.2. The summed E-state index contributed by atoms with van der Waals surface area (Å²) in [5.74, 6) is -0.703. The average molecular weight is 292 g/mol. The normalized spacial score (nSPS) is 13.4. The van der Waals surface area contributed by atoms with Crippen molar-refractivity contribution >= 4 is 11.9 Å². The Morgan fingerprint density at radius 2 is 2.10 bits per heavy atom. The molecule has 2 N–H and O–H groups in total. The van der Waals surface area contributed by atoms with Crippen LogP contribution in [0.4, 0.5) is 0 Å². The smallest absolute Gasteiger partial charge is 0.305 e. The van der Waals surface area contributed by atoms with E-state index in [1.807, 2.05) is 0 Å². The molecule has 1 aliphatic carbocycles. The highest BCUT2D eigenvalue weighted by molar-refractivity contribution is 5.94. The number of aryl methyl sites for hydroxylation is 2. The van der Waals surface area contributed by atoms with E-state index in [0.717, 1.165) is 36.9 Å². The summed E-state index contributed by atoms with van der Waals surface area (Å²) in [7, 11) is 1.33. The van der Waals surface area contributed by atoms with Crippen LogP contribution in [0.5, 0.6) is 0 Å². The molecular formula is C15H20N2O4. The summed E-state index contributed by atoms with van der Waals surface area (Å²) >= 11 is 0. The van der Waals surface area contributed by atoms with Crippen molar-refractivity contribution in [2.24, 2.45) is 0 Å². The van der Waals surface area contributed by atoms with Gasteiger partial charge < -0.3 is 15.0 Å². The predicted octanol–water partition coefficient (Wildman–Crippen LogP) is 0.937. The first-order valence-electron chi connectivity index (χ1n) is 7.22. The molecule has 0 unspecified atom stereocenters.